The van der Waals surface area contributed by atoms with E-state index in [1.807, 2.05) is 0 Å². The van der Waals surface area contributed by atoms with Gasteiger partial charge < -0.3 is 9.13 Å². The topological polar surface area (TPSA) is 6.48 Å². The van der Waals surface area contributed by atoms with E-state index in [0.29, 0.717) is 0 Å². The molecule has 0 aromatic carbocycles. The van der Waals surface area contributed by atoms with Crippen LogP contribution in [0.1, 0.15) is 27.7 Å². The Morgan fingerprint density at radius 3 is 1.25 bits per heavy atom. The van der Waals surface area contributed by atoms with Gasteiger partial charge in [0, 0.05) is 0 Å². The van der Waals surface area contributed by atoms with Crippen LogP contribution < -0.4 is 0 Å². The van der Waals surface area contributed by atoms with E-state index < -0.39 is 6.62 Å². The van der Waals surface area contributed by atoms with Crippen molar-refractivity contribution >= 4 is 28.4 Å². The zero-order valence-corrected chi connectivity index (χ0v) is 12.0. The highest BCUT2D eigenvalue weighted by Crippen LogP contribution is 2.08. The van der Waals surface area contributed by atoms with Crippen molar-refractivity contribution in [3.63, 3.8) is 0 Å². The minimum absolute atomic E-state index is 0.795. The fourth-order valence-corrected chi connectivity index (χ4v) is 7.67. The minimum Gasteiger partial charge on any atom is -0.307 e. The molecular weight excluding hydrogens is 279 g/mol. The van der Waals surface area contributed by atoms with Crippen molar-refractivity contribution in [2.45, 2.75) is 27.7 Å². The molecule has 0 bridgehead atoms. The molecule has 0 aromatic heterocycles. The van der Waals surface area contributed by atoms with Gasteiger partial charge >= 0.3 is 0 Å². The molecule has 0 saturated carbocycles. The second kappa shape index (κ2) is 7.29. The highest BCUT2D eigenvalue weighted by Gasteiger charge is 2.19. The highest BCUT2D eigenvalue weighted by molar-refractivity contribution is 14.1. The first-order chi connectivity index (χ1) is 5.71. The van der Waals surface area contributed by atoms with Crippen LogP contribution in [0.15, 0.2) is 0 Å². The normalized spacial score (nSPS) is 12.0. The number of halogens is 1. The van der Waals surface area contributed by atoms with Crippen LogP contribution in [0.4, 0.5) is 0 Å². The lowest BCUT2D eigenvalue weighted by Gasteiger charge is -2.32. The lowest BCUT2D eigenvalue weighted by molar-refractivity contribution is 0.398. The number of nitrogens with zero attached hydrogens (tertiary/aromatic N) is 2. The predicted molar refractivity (Wildman–Crippen MR) is 67.0 cm³/mol. The summed E-state index contributed by atoms with van der Waals surface area (Å²) in [5.74, 6) is 0. The summed E-state index contributed by atoms with van der Waals surface area (Å²) in [6.45, 7) is 13.0. The van der Waals surface area contributed by atoms with E-state index in [2.05, 4.69) is 58.6 Å². The Kier molecular flexibility index (Phi) is 7.81. The van der Waals surface area contributed by atoms with E-state index >= 15 is 0 Å². The SMILES string of the molecule is CCN(CC)[SiH](I)N(CC)CC. The quantitative estimate of drug-likeness (QED) is 0.419. The Morgan fingerprint density at radius 1 is 0.833 bits per heavy atom. The molecule has 4 heteroatoms. The lowest BCUT2D eigenvalue weighted by atomic mass is 10.7. The summed E-state index contributed by atoms with van der Waals surface area (Å²) in [6.07, 6.45) is 0. The van der Waals surface area contributed by atoms with E-state index in [-0.39, 0.29) is 0 Å². The molecule has 0 rings (SSSR count). The van der Waals surface area contributed by atoms with Crippen LogP contribution in [0.3, 0.4) is 0 Å². The van der Waals surface area contributed by atoms with Crippen LogP contribution in [0, 0.1) is 0 Å². The molecule has 12 heavy (non-hydrogen) atoms. The molecule has 0 aliphatic rings. The van der Waals surface area contributed by atoms with Gasteiger partial charge in [0.15, 0.2) is 0 Å². The molecule has 0 saturated heterocycles. The summed E-state index contributed by atoms with van der Waals surface area (Å²) in [5, 5.41) is 0. The standard InChI is InChI=1S/C8H21IN2Si/c1-5-10(6-2)12(9)11(7-3)8-4/h12H,5-8H2,1-4H3. The largest absolute Gasteiger partial charge is 0.307 e. The lowest BCUT2D eigenvalue weighted by Crippen LogP contribution is -2.48. The minimum atomic E-state index is -0.795. The molecule has 2 nitrogen and oxygen atoms in total. The first-order valence-corrected chi connectivity index (χ1v) is 10.0. The molecule has 0 spiro atoms. The third kappa shape index (κ3) is 3.72. The van der Waals surface area contributed by atoms with Gasteiger partial charge in [0.25, 0.3) is 6.62 Å². The molecular formula is C8H21IN2Si. The van der Waals surface area contributed by atoms with Gasteiger partial charge in [-0.25, -0.2) is 0 Å². The van der Waals surface area contributed by atoms with Gasteiger partial charge in [-0.1, -0.05) is 49.5 Å². The zero-order valence-electron chi connectivity index (χ0n) is 8.68. The molecule has 0 unspecified atom stereocenters. The summed E-state index contributed by atoms with van der Waals surface area (Å²) in [6, 6.07) is 0. The van der Waals surface area contributed by atoms with Gasteiger partial charge in [0.2, 0.25) is 0 Å². The molecule has 0 radical (unpaired) electrons. The maximum absolute atomic E-state index is 2.66. The number of rotatable bonds is 6. The molecule has 0 N–H and O–H groups in total. The average Bonchev–Trinajstić information content (AvgIpc) is 2.09. The van der Waals surface area contributed by atoms with E-state index in [0.717, 1.165) is 0 Å². The molecule has 0 aromatic rings. The Bertz CT molecular complexity index is 93.2. The second-order valence-corrected chi connectivity index (χ2v) is 8.18. The second-order valence-electron chi connectivity index (χ2n) is 2.75. The van der Waals surface area contributed by atoms with Gasteiger partial charge in [-0.05, 0) is 26.2 Å². The van der Waals surface area contributed by atoms with Gasteiger partial charge in [0.1, 0.15) is 0 Å². The molecule has 0 atom stereocenters. The van der Waals surface area contributed by atoms with Crippen molar-refractivity contribution in [2.24, 2.45) is 0 Å². The molecule has 0 amide bonds. The Balaban J connectivity index is 4.02. The smallest absolute Gasteiger partial charge is 0.259 e. The number of hydrogen-bond acceptors (Lipinski definition) is 2. The maximum Gasteiger partial charge on any atom is 0.259 e. The maximum atomic E-state index is 2.66. The van der Waals surface area contributed by atoms with Gasteiger partial charge in [0.05, 0.1) is 0 Å². The fourth-order valence-electron chi connectivity index (χ4n) is 1.28. The average molecular weight is 300 g/mol. The van der Waals surface area contributed by atoms with Gasteiger partial charge in [-0.3, -0.25) is 0 Å². The Hall–Kier alpha value is 0.867. The van der Waals surface area contributed by atoms with E-state index in [1.54, 1.807) is 0 Å². The third-order valence-corrected chi connectivity index (χ3v) is 9.62. The third-order valence-electron chi connectivity index (χ3n) is 2.23. The van der Waals surface area contributed by atoms with Crippen molar-refractivity contribution in [1.82, 2.24) is 9.13 Å². The van der Waals surface area contributed by atoms with Crippen LogP contribution in [0.2, 0.25) is 0 Å². The van der Waals surface area contributed by atoms with E-state index in [4.69, 9.17) is 0 Å². The van der Waals surface area contributed by atoms with Crippen molar-refractivity contribution in [3.8, 4) is 0 Å². The van der Waals surface area contributed by atoms with Crippen molar-refractivity contribution < 1.29 is 0 Å². The monoisotopic (exact) mass is 300 g/mol. The molecule has 74 valence electrons. The van der Waals surface area contributed by atoms with Crippen LogP contribution in [-0.2, 0) is 0 Å². The highest BCUT2D eigenvalue weighted by atomic mass is 127. The molecule has 0 fully saturated rings. The van der Waals surface area contributed by atoms with Crippen LogP contribution in [0.5, 0.6) is 0 Å². The Morgan fingerprint density at radius 2 is 1.08 bits per heavy atom. The summed E-state index contributed by atoms with van der Waals surface area (Å²) in [4.78, 5) is 0. The first kappa shape index (κ1) is 12.9. The Labute approximate surface area is 91.3 Å². The zero-order chi connectivity index (χ0) is 9.56. The molecule has 0 aliphatic heterocycles. The summed E-state index contributed by atoms with van der Waals surface area (Å²) in [7, 11) is 0. The van der Waals surface area contributed by atoms with Crippen LogP contribution >= 0.6 is 21.8 Å². The van der Waals surface area contributed by atoms with Gasteiger partial charge in [-0.2, -0.15) is 0 Å². The fraction of sp³-hybridized carbons (Fsp3) is 1.00. The van der Waals surface area contributed by atoms with E-state index in [9.17, 15) is 0 Å². The first-order valence-electron chi connectivity index (χ1n) is 4.83. The van der Waals surface area contributed by atoms with Crippen molar-refractivity contribution in [1.29, 1.82) is 0 Å². The summed E-state index contributed by atoms with van der Waals surface area (Å²) >= 11 is 2.66. The van der Waals surface area contributed by atoms with Crippen molar-refractivity contribution in [3.05, 3.63) is 0 Å². The summed E-state index contributed by atoms with van der Waals surface area (Å²) in [5.41, 5.74) is 0. The van der Waals surface area contributed by atoms with Crippen LogP contribution in [0.25, 0.3) is 0 Å². The molecule has 0 heterocycles. The summed E-state index contributed by atoms with van der Waals surface area (Å²) < 4.78 is 5.21. The van der Waals surface area contributed by atoms with Crippen LogP contribution in [-0.4, -0.2) is 41.9 Å². The predicted octanol–water partition coefficient (Wildman–Crippen LogP) is 1.82. The van der Waals surface area contributed by atoms with Crippen molar-refractivity contribution in [2.75, 3.05) is 26.2 Å². The van der Waals surface area contributed by atoms with Gasteiger partial charge in [-0.15, -0.1) is 0 Å². The number of hydrogen-bond donors (Lipinski definition) is 0. The van der Waals surface area contributed by atoms with E-state index in [1.165, 1.54) is 26.2 Å². The molecule has 0 aliphatic carbocycles.